The second-order valence-electron chi connectivity index (χ2n) is 21.1. The maximum Gasteiger partial charge on any atom is 0.321 e. The number of para-hydroxylation sites is 4. The van der Waals surface area contributed by atoms with Crippen LogP contribution in [-0.4, -0.2) is 84.4 Å². The van der Waals surface area contributed by atoms with E-state index in [4.69, 9.17) is 0 Å². The summed E-state index contributed by atoms with van der Waals surface area (Å²) < 4.78 is 11.0. The zero-order valence-corrected chi connectivity index (χ0v) is 60.3. The standard InChI is InChI=1S/2C11H16N2O.2C8H18.2C7H5NO.2C6H15N.C4H10.FH2IP2/c2*1-9(2)13(3)11(14)12-10-7-5-4-6-8-10;2*1-3-5-7-8-6-4-2;2*9-6-8-7-4-2-1-3-5-7;2*1-5(2)7-6(3)4;1-3-4-2;1-4(2)3/h2*4-9H,1-3H3,(H,12,14);2*3-8H2,1-2H3;2*1-5H;2*5-7H,1-4H3;3-4H2,1-2H3;3H2. The Morgan fingerprint density at radius 1 is 0.452 bits per heavy atom. The molecule has 16 heteroatoms. The van der Waals surface area contributed by atoms with Gasteiger partial charge < -0.3 is 31.1 Å². The van der Waals surface area contributed by atoms with E-state index >= 15 is 0 Å². The Bertz CT molecular complexity index is 1890. The summed E-state index contributed by atoms with van der Waals surface area (Å²) in [4.78, 5) is 52.6. The molecule has 12 nitrogen and oxygen atoms in total. The molecule has 2 unspecified atom stereocenters. The van der Waals surface area contributed by atoms with E-state index < -0.39 is 5.56 Å². The van der Waals surface area contributed by atoms with Crippen molar-refractivity contribution in [2.24, 2.45) is 9.98 Å². The molecular weight excluding hydrogens is 1200 g/mol. The number of carbonyl (C=O) groups excluding carboxylic acids is 4. The van der Waals surface area contributed by atoms with Crippen LogP contribution < -0.4 is 21.3 Å². The van der Waals surface area contributed by atoms with Crippen LogP contribution in [-0.2, 0) is 9.59 Å². The largest absolute Gasteiger partial charge is 0.325 e. The lowest BCUT2D eigenvalue weighted by atomic mass is 10.1. The first kappa shape index (κ1) is 90.8. The van der Waals surface area contributed by atoms with Gasteiger partial charge in [-0.2, -0.15) is 9.98 Å². The van der Waals surface area contributed by atoms with Crippen molar-refractivity contribution < 1.29 is 23.4 Å². The summed E-state index contributed by atoms with van der Waals surface area (Å²) in [5, 5.41) is 12.2. The summed E-state index contributed by atoms with van der Waals surface area (Å²) in [5.41, 5.74) is 1.71. The Kier molecular flexibility index (Phi) is 75.0. The van der Waals surface area contributed by atoms with Crippen LogP contribution in [0.4, 0.5) is 36.5 Å². The minimum absolute atomic E-state index is 0.0776. The Morgan fingerprint density at radius 3 is 0.821 bits per heavy atom. The summed E-state index contributed by atoms with van der Waals surface area (Å²) >= 11 is 1.70. The first-order valence-corrected chi connectivity index (χ1v) is 36.3. The van der Waals surface area contributed by atoms with E-state index in [0.717, 1.165) is 11.4 Å². The van der Waals surface area contributed by atoms with E-state index in [0.29, 0.717) is 35.5 Å². The second-order valence-corrected chi connectivity index (χ2v) is 28.9. The molecule has 0 aliphatic heterocycles. The average Bonchev–Trinajstić information content (AvgIpc) is 3.47. The number of nitrogens with zero attached hydrogens (tertiary/aromatic N) is 4. The molecule has 0 radical (unpaired) electrons. The van der Waals surface area contributed by atoms with Gasteiger partial charge in [0.1, 0.15) is 0 Å². The molecule has 0 saturated carbocycles. The van der Waals surface area contributed by atoms with Crippen molar-refractivity contribution in [1.29, 1.82) is 0 Å². The van der Waals surface area contributed by atoms with E-state index in [1.165, 1.54) is 102 Å². The fraction of sp³-hybridized carbons (Fsp3) is 0.588. The molecule has 4 aromatic carbocycles. The zero-order chi connectivity index (χ0) is 65.4. The van der Waals surface area contributed by atoms with E-state index in [1.807, 2.05) is 134 Å². The summed E-state index contributed by atoms with van der Waals surface area (Å²) in [6.07, 6.45) is 22.5. The van der Waals surface area contributed by atoms with Gasteiger partial charge in [-0.1, -0.05) is 269 Å². The van der Waals surface area contributed by atoms with Gasteiger partial charge in [-0.15, -0.1) is 0 Å². The van der Waals surface area contributed by atoms with Crippen molar-refractivity contribution >= 4 is 83.5 Å². The van der Waals surface area contributed by atoms with E-state index in [2.05, 4.69) is 128 Å². The first-order chi connectivity index (χ1) is 39.8. The summed E-state index contributed by atoms with van der Waals surface area (Å²) in [5.74, 6) is 0. The number of carbonyl (C=O) groups is 2. The van der Waals surface area contributed by atoms with Gasteiger partial charge in [0.25, 0.3) is 0 Å². The third-order valence-corrected chi connectivity index (χ3v) is 10.8. The van der Waals surface area contributed by atoms with Crippen molar-refractivity contribution in [3.8, 4) is 0 Å². The van der Waals surface area contributed by atoms with Crippen LogP contribution in [0.25, 0.3) is 0 Å². The number of hydrogen-bond acceptors (Lipinski definition) is 8. The van der Waals surface area contributed by atoms with Crippen LogP contribution in [0.15, 0.2) is 131 Å². The molecule has 2 atom stereocenters. The molecule has 4 N–H and O–H groups in total. The molecule has 0 aliphatic rings. The molecule has 0 saturated heterocycles. The molecule has 0 fully saturated rings. The Balaban J connectivity index is -0.000000206. The van der Waals surface area contributed by atoms with Crippen molar-refractivity contribution in [3.63, 3.8) is 0 Å². The Labute approximate surface area is 530 Å². The minimum atomic E-state index is -1.23. The summed E-state index contributed by atoms with van der Waals surface area (Å²) in [7, 11) is 5.60. The number of rotatable bonds is 21. The van der Waals surface area contributed by atoms with E-state index in [-0.39, 0.29) is 24.1 Å². The normalized spacial score (nSPS) is 9.87. The van der Waals surface area contributed by atoms with Crippen molar-refractivity contribution in [2.75, 3.05) is 24.7 Å². The van der Waals surface area contributed by atoms with E-state index in [1.54, 1.807) is 70.2 Å². The van der Waals surface area contributed by atoms with Gasteiger partial charge in [-0.05, 0) is 98.3 Å². The monoisotopic (exact) mass is 1320 g/mol. The van der Waals surface area contributed by atoms with Gasteiger partial charge >= 0.3 is 12.1 Å². The molecule has 0 aromatic heterocycles. The number of amides is 4. The molecule has 0 spiro atoms. The minimum Gasteiger partial charge on any atom is -0.325 e. The van der Waals surface area contributed by atoms with Gasteiger partial charge in [0.2, 0.25) is 12.2 Å². The van der Waals surface area contributed by atoms with Crippen LogP contribution in [0.1, 0.15) is 215 Å². The van der Waals surface area contributed by atoms with Crippen LogP contribution >= 0.6 is 36.5 Å². The van der Waals surface area contributed by atoms with Gasteiger partial charge in [0, 0.05) is 61.7 Å². The van der Waals surface area contributed by atoms with Crippen LogP contribution in [0.2, 0.25) is 0 Å². The number of nitrogens with one attached hydrogen (secondary N) is 4. The molecule has 0 bridgehead atoms. The molecule has 0 aliphatic carbocycles. The molecule has 4 aromatic rings. The highest BCUT2D eigenvalue weighted by molar-refractivity contribution is 14.2. The number of unbranched alkanes of at least 4 members (excludes halogenated alkanes) is 11. The summed E-state index contributed by atoms with van der Waals surface area (Å²) in [6, 6.07) is 39.6. The number of isocyanates is 2. The van der Waals surface area contributed by atoms with Crippen molar-refractivity contribution in [3.05, 3.63) is 121 Å². The second kappa shape index (κ2) is 69.4. The molecule has 4 amide bonds. The SMILES string of the molecule is CC(C)N(C)C(=O)Nc1ccccc1.CC(C)N(C)C(=O)Nc1ccccc1.CC(C)NC(C)C.CC(C)NC(C)C.CCCC.CCCCCCCC.CCCCCCCC.FP(P)I.O=C=Nc1ccccc1.O=C=Nc1ccccc1. The Hall–Kier alpha value is -4.38. The predicted octanol–water partition coefficient (Wildman–Crippen LogP) is 22.2. The number of aliphatic imine (C=N–C) groups is 2. The third-order valence-electron chi connectivity index (χ3n) is 10.8. The lowest BCUT2D eigenvalue weighted by Gasteiger charge is -2.21. The van der Waals surface area contributed by atoms with Gasteiger partial charge in [0.05, 0.1) is 11.4 Å². The highest BCUT2D eigenvalue weighted by Crippen LogP contribution is 2.54. The maximum absolute atomic E-state index is 11.6. The molecule has 480 valence electrons. The van der Waals surface area contributed by atoms with Crippen molar-refractivity contribution in [2.45, 2.75) is 251 Å². The van der Waals surface area contributed by atoms with Gasteiger partial charge in [0.15, 0.2) is 5.56 Å². The fourth-order valence-corrected chi connectivity index (χ4v) is 6.09. The lowest BCUT2D eigenvalue weighted by molar-refractivity contribution is 0.211. The number of halogens is 2. The average molecular weight is 1320 g/mol. The van der Waals surface area contributed by atoms with Gasteiger partial charge in [-0.3, -0.25) is 0 Å². The van der Waals surface area contributed by atoms with Crippen LogP contribution in [0.3, 0.4) is 0 Å². The quantitative estimate of drug-likeness (QED) is 0.0215. The summed E-state index contributed by atoms with van der Waals surface area (Å²) in [6.45, 7) is 38.5. The zero-order valence-electron chi connectivity index (χ0n) is 56.1. The number of benzene rings is 4. The topological polar surface area (TPSA) is 148 Å². The third kappa shape index (κ3) is 77.6. The predicted molar refractivity (Wildman–Crippen MR) is 382 cm³/mol. The van der Waals surface area contributed by atoms with Crippen molar-refractivity contribution in [1.82, 2.24) is 20.4 Å². The Morgan fingerprint density at radius 2 is 0.667 bits per heavy atom. The number of hydrogen-bond donors (Lipinski definition) is 4. The highest BCUT2D eigenvalue weighted by Gasteiger charge is 2.12. The molecular formula is C68H120FIN8O4P2. The number of urea groups is 2. The molecule has 4 rings (SSSR count). The van der Waals surface area contributed by atoms with Crippen LogP contribution in [0, 0.1) is 0 Å². The fourth-order valence-electron chi connectivity index (χ4n) is 6.09. The molecule has 84 heavy (non-hydrogen) atoms. The maximum atomic E-state index is 11.6. The number of anilines is 2. The smallest absolute Gasteiger partial charge is 0.321 e. The lowest BCUT2D eigenvalue weighted by Crippen LogP contribution is -2.36. The molecule has 0 heterocycles. The highest BCUT2D eigenvalue weighted by atomic mass is 127. The first-order valence-electron chi connectivity index (χ1n) is 30.6. The van der Waals surface area contributed by atoms with E-state index in [9.17, 15) is 23.4 Å². The van der Waals surface area contributed by atoms with Gasteiger partial charge in [-0.25, -0.2) is 23.4 Å². The van der Waals surface area contributed by atoms with Crippen LogP contribution in [0.5, 0.6) is 0 Å².